The summed E-state index contributed by atoms with van der Waals surface area (Å²) in [5.41, 5.74) is -0.989. The fourth-order valence-corrected chi connectivity index (χ4v) is 3.42. The first-order valence-corrected chi connectivity index (χ1v) is 8.02. The van der Waals surface area contributed by atoms with Crippen LogP contribution in [0.1, 0.15) is 26.7 Å². The Balaban J connectivity index is 2.97. The molecule has 0 aromatic heterocycles. The molecule has 0 fully saturated rings. The Labute approximate surface area is 125 Å². The summed E-state index contributed by atoms with van der Waals surface area (Å²) in [6.45, 7) is 3.09. The minimum Gasteiger partial charge on any atom is -0.481 e. The Morgan fingerprint density at radius 3 is 2.55 bits per heavy atom. The molecule has 0 bridgehead atoms. The second-order valence-corrected chi connectivity index (χ2v) is 7.52. The summed E-state index contributed by atoms with van der Waals surface area (Å²) in [6.07, 6.45) is -0.0853. The maximum Gasteiger partial charge on any atom is 0.303 e. The van der Waals surface area contributed by atoms with Gasteiger partial charge < -0.3 is 5.11 Å². The van der Waals surface area contributed by atoms with Gasteiger partial charge in [0.25, 0.3) is 0 Å². The molecule has 0 unspecified atom stereocenters. The number of carboxylic acid groups (broad SMARTS) is 1. The van der Waals surface area contributed by atoms with Crippen molar-refractivity contribution in [3.05, 3.63) is 28.5 Å². The first-order chi connectivity index (χ1) is 9.03. The summed E-state index contributed by atoms with van der Waals surface area (Å²) < 4.78 is 40.7. The number of carboxylic acids is 1. The summed E-state index contributed by atoms with van der Waals surface area (Å²) in [4.78, 5) is 10.1. The highest BCUT2D eigenvalue weighted by molar-refractivity contribution is 9.10. The zero-order chi connectivity index (χ0) is 15.6. The van der Waals surface area contributed by atoms with Crippen molar-refractivity contribution >= 4 is 31.9 Å². The van der Waals surface area contributed by atoms with Gasteiger partial charge in [-0.2, -0.15) is 0 Å². The molecule has 0 amide bonds. The average Bonchev–Trinajstić information content (AvgIpc) is 2.24. The SMILES string of the molecule is CC(C)(CCC(=O)O)NS(=O)(=O)c1ccc(Br)cc1F. The van der Waals surface area contributed by atoms with E-state index < -0.39 is 32.2 Å². The number of sulfonamides is 1. The number of benzene rings is 1. The molecule has 1 rings (SSSR count). The Bertz CT molecular complexity index is 616. The van der Waals surface area contributed by atoms with E-state index in [0.29, 0.717) is 4.47 Å². The molecule has 0 aliphatic rings. The van der Waals surface area contributed by atoms with Crippen LogP contribution in [-0.4, -0.2) is 25.0 Å². The predicted octanol–water partition coefficient (Wildman–Crippen LogP) is 2.51. The van der Waals surface area contributed by atoms with Crippen LogP contribution in [0.15, 0.2) is 27.6 Å². The summed E-state index contributed by atoms with van der Waals surface area (Å²) >= 11 is 3.04. The molecule has 0 aliphatic carbocycles. The van der Waals surface area contributed by atoms with Crippen molar-refractivity contribution in [3.63, 3.8) is 0 Å². The molecule has 8 heteroatoms. The summed E-state index contributed by atoms with van der Waals surface area (Å²) in [5.74, 6) is -1.90. The van der Waals surface area contributed by atoms with Crippen LogP contribution in [-0.2, 0) is 14.8 Å². The number of hydrogen-bond acceptors (Lipinski definition) is 3. The van der Waals surface area contributed by atoms with Crippen molar-refractivity contribution in [1.82, 2.24) is 4.72 Å². The molecule has 20 heavy (non-hydrogen) atoms. The minimum atomic E-state index is -4.05. The third-order valence-corrected chi connectivity index (χ3v) is 4.78. The van der Waals surface area contributed by atoms with Crippen molar-refractivity contribution in [2.75, 3.05) is 0 Å². The lowest BCUT2D eigenvalue weighted by Crippen LogP contribution is -2.43. The van der Waals surface area contributed by atoms with Crippen LogP contribution in [0.3, 0.4) is 0 Å². The zero-order valence-electron chi connectivity index (χ0n) is 11.0. The molecule has 0 saturated heterocycles. The molecule has 0 aliphatic heterocycles. The highest BCUT2D eigenvalue weighted by Crippen LogP contribution is 2.22. The maximum atomic E-state index is 13.7. The number of carbonyl (C=O) groups is 1. The van der Waals surface area contributed by atoms with Crippen LogP contribution in [0, 0.1) is 5.82 Å². The minimum absolute atomic E-state index is 0.0969. The van der Waals surface area contributed by atoms with Crippen LogP contribution >= 0.6 is 15.9 Å². The van der Waals surface area contributed by atoms with E-state index >= 15 is 0 Å². The van der Waals surface area contributed by atoms with E-state index in [9.17, 15) is 17.6 Å². The van der Waals surface area contributed by atoms with E-state index in [-0.39, 0.29) is 12.8 Å². The summed E-state index contributed by atoms with van der Waals surface area (Å²) in [5, 5.41) is 8.62. The lowest BCUT2D eigenvalue weighted by molar-refractivity contribution is -0.137. The van der Waals surface area contributed by atoms with E-state index in [1.54, 1.807) is 13.8 Å². The van der Waals surface area contributed by atoms with Gasteiger partial charge in [0.05, 0.1) is 0 Å². The topological polar surface area (TPSA) is 83.5 Å². The lowest BCUT2D eigenvalue weighted by Gasteiger charge is -2.25. The second kappa shape index (κ2) is 6.19. The van der Waals surface area contributed by atoms with Gasteiger partial charge in [-0.25, -0.2) is 17.5 Å². The maximum absolute atomic E-state index is 13.7. The Hall–Kier alpha value is -0.990. The molecule has 112 valence electrons. The molecule has 0 spiro atoms. The molecule has 0 heterocycles. The smallest absolute Gasteiger partial charge is 0.303 e. The molecule has 2 N–H and O–H groups in total. The quantitative estimate of drug-likeness (QED) is 0.808. The average molecular weight is 368 g/mol. The summed E-state index contributed by atoms with van der Waals surface area (Å²) in [6, 6.07) is 3.62. The number of nitrogens with one attached hydrogen (secondary N) is 1. The van der Waals surface area contributed by atoms with E-state index in [4.69, 9.17) is 5.11 Å². The molecular weight excluding hydrogens is 353 g/mol. The van der Waals surface area contributed by atoms with Gasteiger partial charge in [0.2, 0.25) is 10.0 Å². The monoisotopic (exact) mass is 367 g/mol. The van der Waals surface area contributed by atoms with E-state index in [2.05, 4.69) is 20.7 Å². The van der Waals surface area contributed by atoms with Crippen molar-refractivity contribution in [1.29, 1.82) is 0 Å². The van der Waals surface area contributed by atoms with Crippen LogP contribution < -0.4 is 4.72 Å². The Morgan fingerprint density at radius 2 is 2.05 bits per heavy atom. The molecule has 0 atom stereocenters. The zero-order valence-corrected chi connectivity index (χ0v) is 13.4. The lowest BCUT2D eigenvalue weighted by atomic mass is 10.0. The highest BCUT2D eigenvalue weighted by Gasteiger charge is 2.28. The van der Waals surface area contributed by atoms with Crippen LogP contribution in [0.4, 0.5) is 4.39 Å². The van der Waals surface area contributed by atoms with Crippen molar-refractivity contribution < 1.29 is 22.7 Å². The molecule has 0 radical (unpaired) electrons. The van der Waals surface area contributed by atoms with E-state index in [1.165, 1.54) is 6.07 Å². The Kier molecular flexibility index (Phi) is 5.28. The van der Waals surface area contributed by atoms with Crippen LogP contribution in [0.5, 0.6) is 0 Å². The highest BCUT2D eigenvalue weighted by atomic mass is 79.9. The fraction of sp³-hybridized carbons (Fsp3) is 0.417. The predicted molar refractivity (Wildman–Crippen MR) is 75.4 cm³/mol. The summed E-state index contributed by atoms with van der Waals surface area (Å²) in [7, 11) is -4.05. The molecule has 0 saturated carbocycles. The van der Waals surface area contributed by atoms with Crippen molar-refractivity contribution in [2.24, 2.45) is 0 Å². The standard InChI is InChI=1S/C12H15BrFNO4S/c1-12(2,6-5-11(16)17)15-20(18,19)10-4-3-8(13)7-9(10)14/h3-4,7,15H,5-6H2,1-2H3,(H,16,17). The van der Waals surface area contributed by atoms with Gasteiger partial charge in [-0.15, -0.1) is 0 Å². The van der Waals surface area contributed by atoms with Gasteiger partial charge in [0, 0.05) is 16.4 Å². The normalized spacial score (nSPS) is 12.4. The number of aliphatic carboxylic acids is 1. The van der Waals surface area contributed by atoms with Gasteiger partial charge in [-0.05, 0) is 38.5 Å². The number of halogens is 2. The van der Waals surface area contributed by atoms with Gasteiger partial charge in [-0.1, -0.05) is 15.9 Å². The second-order valence-electron chi connectivity index (χ2n) is 4.96. The number of hydrogen-bond donors (Lipinski definition) is 2. The molecular formula is C12H15BrFNO4S. The Morgan fingerprint density at radius 1 is 1.45 bits per heavy atom. The van der Waals surface area contributed by atoms with E-state index in [0.717, 1.165) is 12.1 Å². The van der Waals surface area contributed by atoms with Gasteiger partial charge >= 0.3 is 5.97 Å². The largest absolute Gasteiger partial charge is 0.481 e. The molecule has 5 nitrogen and oxygen atoms in total. The molecule has 1 aromatic carbocycles. The first kappa shape index (κ1) is 17.1. The van der Waals surface area contributed by atoms with Gasteiger partial charge in [-0.3, -0.25) is 4.79 Å². The van der Waals surface area contributed by atoms with Gasteiger partial charge in [0.1, 0.15) is 10.7 Å². The van der Waals surface area contributed by atoms with Crippen molar-refractivity contribution in [2.45, 2.75) is 37.1 Å². The third-order valence-electron chi connectivity index (χ3n) is 2.56. The fourth-order valence-electron chi connectivity index (χ4n) is 1.58. The van der Waals surface area contributed by atoms with E-state index in [1.807, 2.05) is 0 Å². The van der Waals surface area contributed by atoms with Crippen LogP contribution in [0.2, 0.25) is 0 Å². The first-order valence-electron chi connectivity index (χ1n) is 5.74. The van der Waals surface area contributed by atoms with Crippen LogP contribution in [0.25, 0.3) is 0 Å². The van der Waals surface area contributed by atoms with Crippen molar-refractivity contribution in [3.8, 4) is 0 Å². The number of rotatable bonds is 6. The van der Waals surface area contributed by atoms with Gasteiger partial charge in [0.15, 0.2) is 0 Å². The molecule has 1 aromatic rings. The third kappa shape index (κ3) is 4.84.